The molecular weight excluding hydrogens is 582 g/mol. The summed E-state index contributed by atoms with van der Waals surface area (Å²) in [7, 11) is 1.65. The lowest BCUT2D eigenvalue weighted by Crippen LogP contribution is -2.43. The number of β-amino-alcohol motifs (C(OH)–C–C–N with tert-alkyl or cyclic N) is 1. The predicted octanol–water partition coefficient (Wildman–Crippen LogP) is 1.57. The van der Waals surface area contributed by atoms with E-state index in [0.717, 1.165) is 66.2 Å². The van der Waals surface area contributed by atoms with Crippen LogP contribution in [-0.2, 0) is 25.7 Å². The van der Waals surface area contributed by atoms with Crippen LogP contribution in [0.25, 0.3) is 10.9 Å². The lowest BCUT2D eigenvalue weighted by atomic mass is 10.0. The number of carboxylic acids is 4. The molecule has 0 unspecified atom stereocenters. The van der Waals surface area contributed by atoms with Crippen molar-refractivity contribution in [1.29, 1.82) is 0 Å². The van der Waals surface area contributed by atoms with Crippen LogP contribution in [0.4, 0.5) is 0 Å². The van der Waals surface area contributed by atoms with Gasteiger partial charge < -0.3 is 50.0 Å². The van der Waals surface area contributed by atoms with Gasteiger partial charge in [-0.3, -0.25) is 4.98 Å². The van der Waals surface area contributed by atoms with Crippen molar-refractivity contribution >= 4 is 34.8 Å². The molecule has 0 saturated carbocycles. The van der Waals surface area contributed by atoms with Gasteiger partial charge in [0.15, 0.2) is 11.5 Å². The maximum atomic E-state index is 11.0. The Hall–Kier alpha value is -4.99. The molecule has 0 aliphatic carbocycles. The van der Waals surface area contributed by atoms with E-state index < -0.39 is 30.0 Å². The average molecular weight is 616 g/mol. The quantitative estimate of drug-likeness (QED) is 0.207. The average Bonchev–Trinajstić information content (AvgIpc) is 3.48. The van der Waals surface area contributed by atoms with E-state index >= 15 is 0 Å². The Labute approximate surface area is 251 Å². The Balaban J connectivity index is 0.000000375. The summed E-state index contributed by atoms with van der Waals surface area (Å²) < 4.78 is 16.2. The number of hydrogen-bond acceptors (Lipinski definition) is 11. The van der Waals surface area contributed by atoms with E-state index in [1.54, 1.807) is 13.3 Å². The van der Waals surface area contributed by atoms with Gasteiger partial charge in [-0.2, -0.15) is 0 Å². The van der Waals surface area contributed by atoms with Crippen molar-refractivity contribution in [3.05, 3.63) is 59.8 Å². The molecule has 2 aliphatic rings. The van der Waals surface area contributed by atoms with Crippen LogP contribution in [-0.4, -0.2) is 98.9 Å². The number of hydrogen-bond donors (Lipinski definition) is 6. The summed E-state index contributed by atoms with van der Waals surface area (Å²) in [4.78, 5) is 43.2. The SMILES string of the molecule is COc1ccc2nccc([C@@H](O)CN3CCC(NCc4ccc5c(c4)OCO5)CC3)c2c1.O=C(O)C(=O)O.O=C(O)C(=O)O. The summed E-state index contributed by atoms with van der Waals surface area (Å²) in [6.07, 6.45) is 3.31. The van der Waals surface area contributed by atoms with Gasteiger partial charge in [-0.05, 0) is 73.5 Å². The molecule has 0 radical (unpaired) electrons. The number of ether oxygens (including phenoxy) is 3. The van der Waals surface area contributed by atoms with Crippen LogP contribution < -0.4 is 19.5 Å². The molecule has 2 aromatic carbocycles. The highest BCUT2D eigenvalue weighted by molar-refractivity contribution is 6.27. The molecule has 2 aliphatic heterocycles. The summed E-state index contributed by atoms with van der Waals surface area (Å²) in [6, 6.07) is 14.3. The summed E-state index contributed by atoms with van der Waals surface area (Å²) in [5.41, 5.74) is 2.97. The Morgan fingerprint density at radius 2 is 1.57 bits per heavy atom. The van der Waals surface area contributed by atoms with Crippen molar-refractivity contribution < 1.29 is 58.9 Å². The van der Waals surface area contributed by atoms with E-state index in [9.17, 15) is 5.11 Å². The molecule has 1 saturated heterocycles. The molecule has 1 fully saturated rings. The van der Waals surface area contributed by atoms with Gasteiger partial charge in [0, 0.05) is 30.7 Å². The summed E-state index contributed by atoms with van der Waals surface area (Å²) in [6.45, 7) is 3.66. The number of methoxy groups -OCH3 is 1. The predicted molar refractivity (Wildman–Crippen MR) is 153 cm³/mol. The Morgan fingerprint density at radius 1 is 0.932 bits per heavy atom. The van der Waals surface area contributed by atoms with Gasteiger partial charge in [0.05, 0.1) is 18.7 Å². The molecule has 15 nitrogen and oxygen atoms in total. The molecule has 236 valence electrons. The maximum absolute atomic E-state index is 11.0. The molecule has 0 bridgehead atoms. The van der Waals surface area contributed by atoms with Gasteiger partial charge in [-0.15, -0.1) is 0 Å². The van der Waals surface area contributed by atoms with Crippen LogP contribution in [0.5, 0.6) is 17.2 Å². The minimum Gasteiger partial charge on any atom is -0.497 e. The molecule has 6 N–H and O–H groups in total. The first-order chi connectivity index (χ1) is 21.0. The van der Waals surface area contributed by atoms with Crippen LogP contribution in [0.1, 0.15) is 30.1 Å². The first-order valence-electron chi connectivity index (χ1n) is 13.4. The number of nitrogens with zero attached hydrogens (tertiary/aromatic N) is 2. The zero-order valence-corrected chi connectivity index (χ0v) is 23.7. The second-order valence-corrected chi connectivity index (χ2v) is 9.66. The number of aromatic nitrogens is 1. The fraction of sp³-hybridized carbons (Fsp3) is 0.345. The molecule has 44 heavy (non-hydrogen) atoms. The van der Waals surface area contributed by atoms with Crippen molar-refractivity contribution in [3.8, 4) is 17.2 Å². The largest absolute Gasteiger partial charge is 0.497 e. The number of fused-ring (bicyclic) bond motifs is 2. The second-order valence-electron chi connectivity index (χ2n) is 9.66. The van der Waals surface area contributed by atoms with Crippen LogP contribution in [0.2, 0.25) is 0 Å². The maximum Gasteiger partial charge on any atom is 0.414 e. The first kappa shape index (κ1) is 33.5. The second kappa shape index (κ2) is 16.0. The highest BCUT2D eigenvalue weighted by Crippen LogP contribution is 2.32. The first-order valence-corrected chi connectivity index (χ1v) is 13.4. The van der Waals surface area contributed by atoms with Gasteiger partial charge in [-0.25, -0.2) is 19.2 Å². The highest BCUT2D eigenvalue weighted by atomic mass is 16.7. The van der Waals surface area contributed by atoms with E-state index in [2.05, 4.69) is 27.3 Å². The Kier molecular flexibility index (Phi) is 12.2. The number of likely N-dealkylation sites (tertiary alicyclic amines) is 1. The molecule has 15 heteroatoms. The molecule has 5 rings (SSSR count). The van der Waals surface area contributed by atoms with Gasteiger partial charge in [0.1, 0.15) is 5.75 Å². The van der Waals surface area contributed by atoms with Crippen molar-refractivity contribution in [1.82, 2.24) is 15.2 Å². The zero-order chi connectivity index (χ0) is 32.2. The molecule has 3 aromatic rings. The van der Waals surface area contributed by atoms with E-state index in [1.807, 2.05) is 30.3 Å². The van der Waals surface area contributed by atoms with Gasteiger partial charge in [0.2, 0.25) is 6.79 Å². The minimum absolute atomic E-state index is 0.305. The van der Waals surface area contributed by atoms with Crippen LogP contribution in [0.15, 0.2) is 48.7 Å². The zero-order valence-electron chi connectivity index (χ0n) is 23.7. The smallest absolute Gasteiger partial charge is 0.414 e. The molecule has 1 aromatic heterocycles. The number of aliphatic hydroxyl groups is 1. The topological polar surface area (TPSA) is 225 Å². The standard InChI is InChI=1S/C25H29N3O4.2C2H2O4/c1-30-19-3-4-22-21(13-19)20(6-9-26-22)23(29)15-28-10-7-18(8-11-28)27-14-17-2-5-24-25(12-17)32-16-31-24;2*3-1(4)2(5)6/h2-6,9,12-13,18,23,27,29H,7-8,10-11,14-16H2,1H3;2*(H,3,4)(H,5,6)/t23-;;/m0../s1. The van der Waals surface area contributed by atoms with E-state index in [0.29, 0.717) is 19.4 Å². The van der Waals surface area contributed by atoms with Crippen LogP contribution in [0, 0.1) is 0 Å². The van der Waals surface area contributed by atoms with Crippen molar-refractivity contribution in [2.75, 3.05) is 33.5 Å². The highest BCUT2D eigenvalue weighted by Gasteiger charge is 2.23. The third kappa shape index (κ3) is 9.79. The molecule has 3 heterocycles. The number of piperidine rings is 1. The molecular formula is C29H33N3O12. The Morgan fingerprint density at radius 3 is 2.18 bits per heavy atom. The number of aliphatic carboxylic acids is 4. The molecule has 1 atom stereocenters. The van der Waals surface area contributed by atoms with Crippen molar-refractivity contribution in [2.24, 2.45) is 0 Å². The number of aliphatic hydroxyl groups excluding tert-OH is 1. The monoisotopic (exact) mass is 615 g/mol. The molecule has 0 spiro atoms. The van der Waals surface area contributed by atoms with Crippen molar-refractivity contribution in [2.45, 2.75) is 31.5 Å². The Bertz CT molecular complexity index is 1430. The third-order valence-corrected chi connectivity index (χ3v) is 6.76. The lowest BCUT2D eigenvalue weighted by molar-refractivity contribution is -0.159. The number of carboxylic acid groups (broad SMARTS) is 4. The number of carbonyl (C=O) groups is 4. The van der Waals surface area contributed by atoms with Crippen LogP contribution >= 0.6 is 0 Å². The third-order valence-electron chi connectivity index (χ3n) is 6.76. The summed E-state index contributed by atoms with van der Waals surface area (Å²) in [5.74, 6) is -4.88. The van der Waals surface area contributed by atoms with E-state index in [4.69, 9.17) is 53.8 Å². The van der Waals surface area contributed by atoms with E-state index in [1.165, 1.54) is 5.56 Å². The summed E-state index contributed by atoms with van der Waals surface area (Å²) in [5, 5.41) is 45.2. The van der Waals surface area contributed by atoms with E-state index in [-0.39, 0.29) is 0 Å². The van der Waals surface area contributed by atoms with Gasteiger partial charge in [-0.1, -0.05) is 6.07 Å². The number of nitrogens with one attached hydrogen (secondary N) is 1. The fourth-order valence-corrected chi connectivity index (χ4v) is 4.54. The van der Waals surface area contributed by atoms with Crippen molar-refractivity contribution in [3.63, 3.8) is 0 Å². The number of rotatable bonds is 7. The molecule has 0 amide bonds. The minimum atomic E-state index is -1.82. The fourth-order valence-electron chi connectivity index (χ4n) is 4.54. The van der Waals surface area contributed by atoms with Gasteiger partial charge in [0.25, 0.3) is 0 Å². The number of pyridine rings is 1. The summed E-state index contributed by atoms with van der Waals surface area (Å²) >= 11 is 0. The van der Waals surface area contributed by atoms with Crippen LogP contribution in [0.3, 0.4) is 0 Å². The van der Waals surface area contributed by atoms with Gasteiger partial charge >= 0.3 is 23.9 Å². The normalized spacial score (nSPS) is 14.8. The lowest BCUT2D eigenvalue weighted by Gasteiger charge is -2.33. The number of benzene rings is 2.